The van der Waals surface area contributed by atoms with Crippen molar-refractivity contribution in [2.75, 3.05) is 18.1 Å². The van der Waals surface area contributed by atoms with Crippen LogP contribution in [0.2, 0.25) is 0 Å². The molecule has 6 heteroatoms. The van der Waals surface area contributed by atoms with Crippen LogP contribution in [-0.2, 0) is 21.1 Å². The number of hydrogen-bond acceptors (Lipinski definition) is 3. The van der Waals surface area contributed by atoms with Gasteiger partial charge >= 0.3 is 0 Å². The summed E-state index contributed by atoms with van der Waals surface area (Å²) in [7, 11) is -3.37. The van der Waals surface area contributed by atoms with Crippen molar-refractivity contribution in [3.05, 3.63) is 47.0 Å². The van der Waals surface area contributed by atoms with Crippen molar-refractivity contribution in [2.45, 2.75) is 25.8 Å². The highest BCUT2D eigenvalue weighted by atomic mass is 35.5. The third kappa shape index (κ3) is 3.90. The second-order valence-electron chi connectivity index (χ2n) is 5.47. The van der Waals surface area contributed by atoms with E-state index in [0.717, 1.165) is 18.4 Å². The Kier molecular flexibility index (Phi) is 5.29. The summed E-state index contributed by atoms with van der Waals surface area (Å²) in [5, 5.41) is 0.326. The highest BCUT2D eigenvalue weighted by Gasteiger charge is 2.32. The number of amides is 1. The van der Waals surface area contributed by atoms with Crippen molar-refractivity contribution in [2.24, 2.45) is 0 Å². The summed E-state index contributed by atoms with van der Waals surface area (Å²) >= 11 is 5.89. The molecule has 0 heterocycles. The summed E-state index contributed by atoms with van der Waals surface area (Å²) < 4.78 is 23.5. The fourth-order valence-corrected chi connectivity index (χ4v) is 3.66. The first-order chi connectivity index (χ1) is 10.3. The maximum absolute atomic E-state index is 12.5. The molecule has 1 aromatic rings. The molecule has 1 aliphatic carbocycles. The Balaban J connectivity index is 2.28. The molecule has 1 amide bonds. The van der Waals surface area contributed by atoms with Crippen LogP contribution in [0, 0.1) is 0 Å². The van der Waals surface area contributed by atoms with Gasteiger partial charge in [-0.15, -0.1) is 0 Å². The molecule has 0 bridgehead atoms. The first kappa shape index (κ1) is 17.0. The van der Waals surface area contributed by atoms with Crippen LogP contribution in [0.4, 0.5) is 0 Å². The van der Waals surface area contributed by atoms with E-state index in [0.29, 0.717) is 5.03 Å². The van der Waals surface area contributed by atoms with Crippen molar-refractivity contribution in [3.8, 4) is 0 Å². The van der Waals surface area contributed by atoms with Crippen LogP contribution in [0.5, 0.6) is 0 Å². The molecule has 0 unspecified atom stereocenters. The molecular weight excluding hydrogens is 322 g/mol. The lowest BCUT2D eigenvalue weighted by Crippen LogP contribution is -2.39. The number of carbonyl (C=O) groups excluding carboxylic acids is 1. The smallest absolute Gasteiger partial charge is 0.238 e. The maximum atomic E-state index is 12.5. The second kappa shape index (κ2) is 6.84. The lowest BCUT2D eigenvalue weighted by molar-refractivity contribution is -0.130. The van der Waals surface area contributed by atoms with Crippen LogP contribution >= 0.6 is 11.6 Å². The molecule has 0 aliphatic heterocycles. The highest BCUT2D eigenvalue weighted by Crippen LogP contribution is 2.36. The van der Waals surface area contributed by atoms with Crippen LogP contribution < -0.4 is 0 Å². The number of nitrogens with zero attached hydrogens (tertiary/aromatic N) is 1. The molecule has 22 heavy (non-hydrogen) atoms. The average molecular weight is 342 g/mol. The van der Waals surface area contributed by atoms with Gasteiger partial charge in [0.1, 0.15) is 5.75 Å². The van der Waals surface area contributed by atoms with E-state index in [1.165, 1.54) is 12.5 Å². The predicted octanol–water partition coefficient (Wildman–Crippen LogP) is 2.69. The zero-order chi connectivity index (χ0) is 16.3. The molecule has 0 N–H and O–H groups in total. The van der Waals surface area contributed by atoms with Crippen molar-refractivity contribution in [3.63, 3.8) is 0 Å². The molecule has 1 aliphatic rings. The fraction of sp³-hybridized carbons (Fsp3) is 0.438. The number of carbonyl (C=O) groups is 1. The van der Waals surface area contributed by atoms with Gasteiger partial charge in [-0.25, -0.2) is 8.42 Å². The van der Waals surface area contributed by atoms with Crippen LogP contribution in [0.1, 0.15) is 30.5 Å². The number of benzene rings is 1. The third-order valence-corrected chi connectivity index (χ3v) is 5.61. The standard InChI is InChI=1S/C16H20ClNO3S/c1-3-22(20,21)11-16(19)18(10-12(2)17)15-9-8-13-6-4-5-7-14(13)15/h4-7,15H,2-3,8-11H2,1H3/t15-/m1/s1. The number of rotatable bonds is 6. The van der Waals surface area contributed by atoms with Crippen molar-refractivity contribution in [1.29, 1.82) is 0 Å². The summed E-state index contributed by atoms with van der Waals surface area (Å²) in [6.45, 7) is 5.35. The van der Waals surface area contributed by atoms with Gasteiger partial charge < -0.3 is 4.90 Å². The van der Waals surface area contributed by atoms with Gasteiger partial charge in [-0.2, -0.15) is 0 Å². The zero-order valence-electron chi connectivity index (χ0n) is 12.6. The first-order valence-electron chi connectivity index (χ1n) is 7.25. The molecule has 120 valence electrons. The van der Waals surface area contributed by atoms with E-state index in [9.17, 15) is 13.2 Å². The van der Waals surface area contributed by atoms with Crippen molar-refractivity contribution in [1.82, 2.24) is 4.90 Å². The summed E-state index contributed by atoms with van der Waals surface area (Å²) in [5.74, 6) is -0.938. The Labute approximate surface area is 136 Å². The lowest BCUT2D eigenvalue weighted by Gasteiger charge is -2.29. The van der Waals surface area contributed by atoms with Gasteiger partial charge in [-0.3, -0.25) is 4.79 Å². The minimum atomic E-state index is -3.37. The Morgan fingerprint density at radius 3 is 2.73 bits per heavy atom. The second-order valence-corrected chi connectivity index (χ2v) is 8.36. The van der Waals surface area contributed by atoms with Gasteiger partial charge in [-0.05, 0) is 24.0 Å². The van der Waals surface area contributed by atoms with E-state index in [-0.39, 0.29) is 18.3 Å². The zero-order valence-corrected chi connectivity index (χ0v) is 14.2. The van der Waals surface area contributed by atoms with Crippen LogP contribution in [0.25, 0.3) is 0 Å². The van der Waals surface area contributed by atoms with Crippen LogP contribution in [-0.4, -0.2) is 37.3 Å². The molecule has 2 rings (SSSR count). The summed E-state index contributed by atoms with van der Waals surface area (Å²) in [6, 6.07) is 7.79. The maximum Gasteiger partial charge on any atom is 0.238 e. The number of hydrogen-bond donors (Lipinski definition) is 0. The summed E-state index contributed by atoms with van der Waals surface area (Å²) in [5.41, 5.74) is 2.27. The third-order valence-electron chi connectivity index (χ3n) is 3.92. The minimum Gasteiger partial charge on any atom is -0.330 e. The van der Waals surface area contributed by atoms with Gasteiger partial charge in [0.05, 0.1) is 12.6 Å². The highest BCUT2D eigenvalue weighted by molar-refractivity contribution is 7.92. The van der Waals surface area contributed by atoms with Crippen molar-refractivity contribution < 1.29 is 13.2 Å². The topological polar surface area (TPSA) is 54.5 Å². The molecule has 0 saturated carbocycles. The molecule has 1 atom stereocenters. The Morgan fingerprint density at radius 2 is 2.09 bits per heavy atom. The van der Waals surface area contributed by atoms with E-state index < -0.39 is 21.5 Å². The SMILES string of the molecule is C=C(Cl)CN(C(=O)CS(=O)(=O)CC)[C@@H]1CCc2ccccc21. The molecule has 0 spiro atoms. The van der Waals surface area contributed by atoms with E-state index in [2.05, 4.69) is 6.58 Å². The van der Waals surface area contributed by atoms with Crippen LogP contribution in [0.15, 0.2) is 35.9 Å². The Bertz CT molecular complexity index is 684. The summed E-state index contributed by atoms with van der Waals surface area (Å²) in [4.78, 5) is 14.0. The molecule has 0 radical (unpaired) electrons. The number of halogens is 1. The molecular formula is C16H20ClNO3S. The summed E-state index contributed by atoms with van der Waals surface area (Å²) in [6.07, 6.45) is 1.65. The number of sulfone groups is 1. The lowest BCUT2D eigenvalue weighted by atomic mass is 10.1. The molecule has 0 fully saturated rings. The van der Waals surface area contributed by atoms with E-state index in [4.69, 9.17) is 11.6 Å². The van der Waals surface area contributed by atoms with Gasteiger partial charge in [-0.1, -0.05) is 49.4 Å². The Hall–Kier alpha value is -1.33. The minimum absolute atomic E-state index is 0.0460. The van der Waals surface area contributed by atoms with E-state index >= 15 is 0 Å². The monoisotopic (exact) mass is 341 g/mol. The molecule has 4 nitrogen and oxygen atoms in total. The van der Waals surface area contributed by atoms with E-state index in [1.54, 1.807) is 4.90 Å². The average Bonchev–Trinajstić information content (AvgIpc) is 2.88. The Morgan fingerprint density at radius 1 is 1.41 bits per heavy atom. The first-order valence-corrected chi connectivity index (χ1v) is 9.45. The molecule has 0 aromatic heterocycles. The van der Waals surface area contributed by atoms with Gasteiger partial charge in [0.2, 0.25) is 5.91 Å². The number of fused-ring (bicyclic) bond motifs is 1. The van der Waals surface area contributed by atoms with Crippen molar-refractivity contribution >= 4 is 27.3 Å². The number of aryl methyl sites for hydroxylation is 1. The predicted molar refractivity (Wildman–Crippen MR) is 88.5 cm³/mol. The largest absolute Gasteiger partial charge is 0.330 e. The molecule has 0 saturated heterocycles. The normalized spacial score (nSPS) is 17.1. The van der Waals surface area contributed by atoms with Gasteiger partial charge in [0.15, 0.2) is 9.84 Å². The van der Waals surface area contributed by atoms with Gasteiger partial charge in [0.25, 0.3) is 0 Å². The van der Waals surface area contributed by atoms with Gasteiger partial charge in [0, 0.05) is 10.8 Å². The van der Waals surface area contributed by atoms with Crippen LogP contribution in [0.3, 0.4) is 0 Å². The molecule has 1 aromatic carbocycles. The fourth-order valence-electron chi connectivity index (χ4n) is 2.79. The van der Waals surface area contributed by atoms with E-state index in [1.807, 2.05) is 24.3 Å². The quantitative estimate of drug-likeness (QED) is 0.799.